The summed E-state index contributed by atoms with van der Waals surface area (Å²) < 4.78 is 27.6. The molecular weight excluding hydrogens is 653 g/mol. The molecule has 3 aromatic heterocycles. The highest BCUT2D eigenvalue weighted by molar-refractivity contribution is 5.98. The number of piperazine rings is 1. The number of nitrogen functional groups attached to an aromatic ring is 1. The topological polar surface area (TPSA) is 148 Å². The Kier molecular flexibility index (Phi) is 8.86. The third kappa shape index (κ3) is 6.40. The zero-order valence-electron chi connectivity index (χ0n) is 28.4. The lowest BCUT2D eigenvalue weighted by Gasteiger charge is -2.50. The van der Waals surface area contributed by atoms with Gasteiger partial charge in [-0.3, -0.25) is 9.80 Å². The number of nitrogens with two attached hydrogens (primary N) is 1. The highest BCUT2D eigenvalue weighted by Gasteiger charge is 2.36. The van der Waals surface area contributed by atoms with Crippen LogP contribution >= 0.6 is 0 Å². The molecule has 0 spiro atoms. The molecule has 5 heterocycles. The van der Waals surface area contributed by atoms with Gasteiger partial charge in [-0.05, 0) is 74.2 Å². The molecule has 0 bridgehead atoms. The van der Waals surface area contributed by atoms with Gasteiger partial charge in [-0.1, -0.05) is 6.07 Å². The summed E-state index contributed by atoms with van der Waals surface area (Å²) in [5.74, 6) is -0.495. The molecule has 13 nitrogen and oxygen atoms in total. The Balaban J connectivity index is 0.882. The number of halogens is 1. The van der Waals surface area contributed by atoms with E-state index >= 15 is 0 Å². The second-order valence-electron chi connectivity index (χ2n) is 13.4. The summed E-state index contributed by atoms with van der Waals surface area (Å²) >= 11 is 0. The molecule has 2 aromatic carbocycles. The van der Waals surface area contributed by atoms with E-state index in [0.717, 1.165) is 87.2 Å². The van der Waals surface area contributed by atoms with E-state index in [1.165, 1.54) is 13.4 Å². The number of carboxylic acids is 1. The summed E-state index contributed by atoms with van der Waals surface area (Å²) in [4.78, 5) is 31.6. The number of carboxylic acid groups (broad SMARTS) is 1. The molecule has 0 unspecified atom stereocenters. The number of ether oxygens (including phenoxy) is 2. The minimum Gasteiger partial charge on any atom is -0.494 e. The van der Waals surface area contributed by atoms with Crippen molar-refractivity contribution in [3.8, 4) is 28.5 Å². The first kappa shape index (κ1) is 32.8. The highest BCUT2D eigenvalue weighted by atomic mass is 19.1. The number of carbonyl (C=O) groups is 1. The van der Waals surface area contributed by atoms with Crippen molar-refractivity contribution in [1.29, 1.82) is 0 Å². The summed E-state index contributed by atoms with van der Waals surface area (Å²) in [6.45, 7) is 6.10. The number of pyridine rings is 1. The van der Waals surface area contributed by atoms with E-state index < -0.39 is 11.8 Å². The van der Waals surface area contributed by atoms with E-state index in [2.05, 4.69) is 29.7 Å². The van der Waals surface area contributed by atoms with Crippen molar-refractivity contribution < 1.29 is 23.8 Å². The third-order valence-electron chi connectivity index (χ3n) is 10.6. The normalized spacial score (nSPS) is 20.3. The Morgan fingerprint density at radius 1 is 0.863 bits per heavy atom. The molecule has 264 valence electrons. The number of anilines is 2. The smallest absolute Gasteiger partial charge is 0.354 e. The Morgan fingerprint density at radius 3 is 2.22 bits per heavy atom. The van der Waals surface area contributed by atoms with Gasteiger partial charge in [-0.15, -0.1) is 0 Å². The van der Waals surface area contributed by atoms with Gasteiger partial charge >= 0.3 is 5.97 Å². The number of rotatable bonds is 9. The van der Waals surface area contributed by atoms with Crippen LogP contribution in [0.1, 0.15) is 42.2 Å². The standard InChI is InChI=1S/C37H40FN9O4/c1-50-30-3-2-4-31(33(30)38)51-28-12-5-23(6-13-28)34-32-35(39)41-22-42-36(32)47(43-34)25-9-7-24(8-10-25)44-15-17-45(18-16-44)27-20-46(21-27)26-11-14-29(37(48)49)40-19-26/h2-6,11-14,19,22,24-25,27H,7-10,15-18,20-21H2,1H3,(H,48,49)(H2,39,41,42). The molecule has 3 fully saturated rings. The quantitative estimate of drug-likeness (QED) is 0.212. The first-order valence-corrected chi connectivity index (χ1v) is 17.4. The van der Waals surface area contributed by atoms with Crippen molar-refractivity contribution in [2.75, 3.05) is 57.0 Å². The zero-order chi connectivity index (χ0) is 35.1. The molecule has 5 aromatic rings. The van der Waals surface area contributed by atoms with Crippen LogP contribution in [0.5, 0.6) is 17.2 Å². The summed E-state index contributed by atoms with van der Waals surface area (Å²) in [5, 5.41) is 14.9. The van der Waals surface area contributed by atoms with Gasteiger partial charge in [0.1, 0.15) is 29.3 Å². The Morgan fingerprint density at radius 2 is 1.55 bits per heavy atom. The molecule has 0 atom stereocenters. The molecule has 0 amide bonds. The zero-order valence-corrected chi connectivity index (χ0v) is 28.4. The molecule has 51 heavy (non-hydrogen) atoms. The maximum absolute atomic E-state index is 14.7. The number of aromatic nitrogens is 5. The number of methoxy groups -OCH3 is 1. The largest absolute Gasteiger partial charge is 0.494 e. The van der Waals surface area contributed by atoms with Crippen molar-refractivity contribution in [3.63, 3.8) is 0 Å². The predicted octanol–water partition coefficient (Wildman–Crippen LogP) is 5.10. The highest BCUT2D eigenvalue weighted by Crippen LogP contribution is 2.38. The minimum absolute atomic E-state index is 0.0710. The Hall–Kier alpha value is -5.34. The van der Waals surface area contributed by atoms with Crippen LogP contribution < -0.4 is 20.1 Å². The Bertz CT molecular complexity index is 2020. The average molecular weight is 694 g/mol. The molecular formula is C37H40FN9O4. The summed E-state index contributed by atoms with van der Waals surface area (Å²) in [5.41, 5.74) is 9.75. The van der Waals surface area contributed by atoms with Crippen LogP contribution in [0.25, 0.3) is 22.3 Å². The van der Waals surface area contributed by atoms with Gasteiger partial charge < -0.3 is 25.2 Å². The van der Waals surface area contributed by atoms with Crippen molar-refractivity contribution in [3.05, 3.63) is 78.6 Å². The van der Waals surface area contributed by atoms with Crippen LogP contribution in [-0.2, 0) is 0 Å². The van der Waals surface area contributed by atoms with Crippen LogP contribution in [0.3, 0.4) is 0 Å². The molecule has 1 aliphatic carbocycles. The fourth-order valence-electron chi connectivity index (χ4n) is 7.72. The predicted molar refractivity (Wildman–Crippen MR) is 190 cm³/mol. The van der Waals surface area contributed by atoms with Gasteiger partial charge in [-0.2, -0.15) is 9.49 Å². The number of nitrogens with zero attached hydrogens (tertiary/aromatic N) is 8. The molecule has 0 radical (unpaired) electrons. The van der Waals surface area contributed by atoms with Gasteiger partial charge in [0, 0.05) is 56.9 Å². The second-order valence-corrected chi connectivity index (χ2v) is 13.4. The van der Waals surface area contributed by atoms with E-state index in [-0.39, 0.29) is 23.2 Å². The molecule has 2 saturated heterocycles. The maximum atomic E-state index is 14.7. The van der Waals surface area contributed by atoms with Crippen LogP contribution in [0.4, 0.5) is 15.9 Å². The van der Waals surface area contributed by atoms with E-state index in [9.17, 15) is 9.18 Å². The van der Waals surface area contributed by atoms with E-state index in [0.29, 0.717) is 29.3 Å². The summed E-state index contributed by atoms with van der Waals surface area (Å²) in [6, 6.07) is 16.8. The number of fused-ring (bicyclic) bond motifs is 1. The first-order valence-electron chi connectivity index (χ1n) is 17.4. The fraction of sp³-hybridized carbons (Fsp3) is 0.378. The molecule has 2 aliphatic heterocycles. The maximum Gasteiger partial charge on any atom is 0.354 e. The van der Waals surface area contributed by atoms with Crippen LogP contribution in [0.15, 0.2) is 67.1 Å². The number of hydrogen-bond acceptors (Lipinski definition) is 11. The van der Waals surface area contributed by atoms with Crippen LogP contribution in [0, 0.1) is 5.82 Å². The van der Waals surface area contributed by atoms with Gasteiger partial charge in [0.2, 0.25) is 5.82 Å². The molecule has 1 saturated carbocycles. The van der Waals surface area contributed by atoms with Crippen molar-refractivity contribution in [2.24, 2.45) is 0 Å². The van der Waals surface area contributed by atoms with Crippen molar-refractivity contribution in [1.82, 2.24) is 34.5 Å². The van der Waals surface area contributed by atoms with E-state index in [1.807, 2.05) is 22.9 Å². The lowest BCUT2D eigenvalue weighted by molar-refractivity contribution is 0.0438. The molecule has 3 N–H and O–H groups in total. The minimum atomic E-state index is -1.00. The Labute approximate surface area is 294 Å². The summed E-state index contributed by atoms with van der Waals surface area (Å²) in [6.07, 6.45) is 7.32. The van der Waals surface area contributed by atoms with Gasteiger partial charge in [0.25, 0.3) is 0 Å². The van der Waals surface area contributed by atoms with E-state index in [4.69, 9.17) is 25.4 Å². The molecule has 8 rings (SSSR count). The lowest BCUT2D eigenvalue weighted by Crippen LogP contribution is -2.64. The first-order chi connectivity index (χ1) is 24.9. The SMILES string of the molecule is COc1cccc(Oc2ccc(-c3nn(C4CCC(N5CCN(C6CN(c7ccc(C(=O)O)nc7)C6)CC5)CC4)c4ncnc(N)c34)cc2)c1F. The summed E-state index contributed by atoms with van der Waals surface area (Å²) in [7, 11) is 1.42. The van der Waals surface area contributed by atoms with E-state index in [1.54, 1.807) is 42.6 Å². The lowest BCUT2D eigenvalue weighted by atomic mass is 9.89. The second kappa shape index (κ2) is 13.8. The number of aromatic carboxylic acids is 1. The average Bonchev–Trinajstić information content (AvgIpc) is 3.54. The fourth-order valence-corrected chi connectivity index (χ4v) is 7.72. The number of hydrogen-bond donors (Lipinski definition) is 2. The monoisotopic (exact) mass is 693 g/mol. The van der Waals surface area contributed by atoms with Crippen LogP contribution in [0.2, 0.25) is 0 Å². The van der Waals surface area contributed by atoms with Crippen molar-refractivity contribution >= 4 is 28.5 Å². The van der Waals surface area contributed by atoms with Gasteiger partial charge in [0.15, 0.2) is 17.1 Å². The van der Waals surface area contributed by atoms with Gasteiger partial charge in [0.05, 0.1) is 30.4 Å². The molecule has 3 aliphatic rings. The molecule has 14 heteroatoms. The number of benzene rings is 2. The van der Waals surface area contributed by atoms with Crippen LogP contribution in [-0.4, -0.2) is 104 Å². The van der Waals surface area contributed by atoms with Gasteiger partial charge in [-0.25, -0.2) is 24.4 Å². The van der Waals surface area contributed by atoms with Crippen molar-refractivity contribution in [2.45, 2.75) is 43.8 Å². The third-order valence-corrected chi connectivity index (χ3v) is 10.6.